The van der Waals surface area contributed by atoms with Crippen LogP contribution in [0.15, 0.2) is 18.3 Å². The third kappa shape index (κ3) is 3.01. The molecule has 0 saturated heterocycles. The molecule has 0 bridgehead atoms. The molecule has 1 N–H and O–H groups in total. The van der Waals surface area contributed by atoms with Crippen molar-refractivity contribution in [3.63, 3.8) is 0 Å². The van der Waals surface area contributed by atoms with E-state index in [4.69, 9.17) is 5.26 Å². The summed E-state index contributed by atoms with van der Waals surface area (Å²) in [5.41, 5.74) is 0.801. The lowest BCUT2D eigenvalue weighted by Gasteiger charge is -2.14. The van der Waals surface area contributed by atoms with Gasteiger partial charge in [0.05, 0.1) is 11.0 Å². The van der Waals surface area contributed by atoms with Crippen LogP contribution < -0.4 is 5.32 Å². The minimum Gasteiger partial charge on any atom is -0.358 e. The molecule has 21 heavy (non-hydrogen) atoms. The smallest absolute Gasteiger partial charge is 0.328 e. The fourth-order valence-corrected chi connectivity index (χ4v) is 3.22. The van der Waals surface area contributed by atoms with Crippen LogP contribution in [0.1, 0.15) is 33.8 Å². The van der Waals surface area contributed by atoms with E-state index in [0.29, 0.717) is 0 Å². The molecule has 6 nitrogen and oxygen atoms in total. The van der Waals surface area contributed by atoms with E-state index in [2.05, 4.69) is 16.4 Å². The molecule has 2 rings (SSSR count). The van der Waals surface area contributed by atoms with Gasteiger partial charge in [0.15, 0.2) is 0 Å². The molecule has 1 unspecified atom stereocenters. The SMILES string of the molecule is Cc1cc(C(C)Nc2nccc(C#N)c2[N+](=O)[O-])c(C)s1. The van der Waals surface area contributed by atoms with E-state index in [0.717, 1.165) is 10.4 Å². The summed E-state index contributed by atoms with van der Waals surface area (Å²) in [7, 11) is 0. The number of aromatic nitrogens is 1. The molecular weight excluding hydrogens is 288 g/mol. The van der Waals surface area contributed by atoms with Gasteiger partial charge in [0.1, 0.15) is 11.6 Å². The summed E-state index contributed by atoms with van der Waals surface area (Å²) >= 11 is 1.68. The van der Waals surface area contributed by atoms with Crippen LogP contribution in [0.2, 0.25) is 0 Å². The molecule has 1 atom stereocenters. The van der Waals surface area contributed by atoms with Crippen LogP contribution in [-0.4, -0.2) is 9.91 Å². The molecule has 0 aliphatic heterocycles. The summed E-state index contributed by atoms with van der Waals surface area (Å²) in [6.07, 6.45) is 1.40. The lowest BCUT2D eigenvalue weighted by Crippen LogP contribution is -2.10. The first-order valence-electron chi connectivity index (χ1n) is 6.31. The van der Waals surface area contributed by atoms with Gasteiger partial charge in [-0.1, -0.05) is 0 Å². The van der Waals surface area contributed by atoms with Gasteiger partial charge in [0, 0.05) is 16.0 Å². The maximum atomic E-state index is 11.2. The Balaban J connectivity index is 2.38. The molecule has 0 amide bonds. The molecular formula is C14H14N4O2S. The van der Waals surface area contributed by atoms with Crippen molar-refractivity contribution >= 4 is 22.8 Å². The zero-order chi connectivity index (χ0) is 15.6. The number of nitrogens with one attached hydrogen (secondary N) is 1. The molecule has 0 fully saturated rings. The minimum atomic E-state index is -0.577. The largest absolute Gasteiger partial charge is 0.358 e. The maximum absolute atomic E-state index is 11.2. The Kier molecular flexibility index (Phi) is 4.19. The first-order chi connectivity index (χ1) is 9.93. The summed E-state index contributed by atoms with van der Waals surface area (Å²) in [6, 6.07) is 5.09. The average molecular weight is 302 g/mol. The van der Waals surface area contributed by atoms with Gasteiger partial charge in [-0.15, -0.1) is 11.3 Å². The van der Waals surface area contributed by atoms with Crippen molar-refractivity contribution < 1.29 is 4.92 Å². The third-order valence-corrected chi connectivity index (χ3v) is 4.11. The quantitative estimate of drug-likeness (QED) is 0.686. The van der Waals surface area contributed by atoms with E-state index in [1.165, 1.54) is 17.1 Å². The number of nitro groups is 1. The number of hydrogen-bond donors (Lipinski definition) is 1. The highest BCUT2D eigenvalue weighted by molar-refractivity contribution is 7.12. The van der Waals surface area contributed by atoms with Crippen molar-refractivity contribution in [3.8, 4) is 6.07 Å². The summed E-state index contributed by atoms with van der Waals surface area (Å²) in [6.45, 7) is 5.95. The number of rotatable bonds is 4. The first-order valence-corrected chi connectivity index (χ1v) is 7.12. The van der Waals surface area contributed by atoms with E-state index in [1.54, 1.807) is 11.3 Å². The zero-order valence-electron chi connectivity index (χ0n) is 11.9. The normalized spacial score (nSPS) is 11.7. The van der Waals surface area contributed by atoms with E-state index < -0.39 is 4.92 Å². The molecule has 0 aliphatic carbocycles. The van der Waals surface area contributed by atoms with Crippen LogP contribution in [0.4, 0.5) is 11.5 Å². The van der Waals surface area contributed by atoms with Gasteiger partial charge >= 0.3 is 5.69 Å². The number of nitriles is 1. The number of aryl methyl sites for hydroxylation is 2. The standard InChI is InChI=1S/C14H14N4O2S/c1-8-6-12(10(3)21-8)9(2)17-14-13(18(19)20)11(7-15)4-5-16-14/h4-6,9H,1-3H3,(H,16,17). The molecule has 2 heterocycles. The highest BCUT2D eigenvalue weighted by Gasteiger charge is 2.23. The summed E-state index contributed by atoms with van der Waals surface area (Å²) in [5.74, 6) is 0.120. The lowest BCUT2D eigenvalue weighted by atomic mass is 10.1. The molecule has 0 spiro atoms. The van der Waals surface area contributed by atoms with Gasteiger partial charge < -0.3 is 5.32 Å². The molecule has 0 aliphatic rings. The van der Waals surface area contributed by atoms with Crippen molar-refractivity contribution in [2.45, 2.75) is 26.8 Å². The number of hydrogen-bond acceptors (Lipinski definition) is 6. The van der Waals surface area contributed by atoms with Gasteiger partial charge in [-0.05, 0) is 38.5 Å². The van der Waals surface area contributed by atoms with Gasteiger partial charge in [-0.2, -0.15) is 5.26 Å². The monoisotopic (exact) mass is 302 g/mol. The molecule has 7 heteroatoms. The first kappa shape index (κ1) is 14.9. The Bertz CT molecular complexity index is 733. The number of nitrogens with zero attached hydrogens (tertiary/aromatic N) is 3. The van der Waals surface area contributed by atoms with Crippen molar-refractivity contribution in [3.05, 3.63) is 49.3 Å². The predicted octanol–water partition coefficient (Wildman–Crippen LogP) is 3.71. The Hall–Kier alpha value is -2.46. The predicted molar refractivity (Wildman–Crippen MR) is 81.4 cm³/mol. The van der Waals surface area contributed by atoms with Crippen molar-refractivity contribution in [1.82, 2.24) is 4.98 Å². The number of anilines is 1. The summed E-state index contributed by atoms with van der Waals surface area (Å²) in [5, 5.41) is 23.2. The second-order valence-corrected chi connectivity index (χ2v) is 6.12. The van der Waals surface area contributed by atoms with Crippen LogP contribution in [0.3, 0.4) is 0 Å². The van der Waals surface area contributed by atoms with E-state index in [9.17, 15) is 10.1 Å². The second kappa shape index (κ2) is 5.89. The zero-order valence-corrected chi connectivity index (χ0v) is 12.7. The van der Waals surface area contributed by atoms with Gasteiger partial charge in [-0.3, -0.25) is 10.1 Å². The maximum Gasteiger partial charge on any atom is 0.328 e. The van der Waals surface area contributed by atoms with Gasteiger partial charge in [0.2, 0.25) is 5.82 Å². The lowest BCUT2D eigenvalue weighted by molar-refractivity contribution is -0.384. The Morgan fingerprint density at radius 1 is 1.52 bits per heavy atom. The topological polar surface area (TPSA) is 91.8 Å². The summed E-state index contributed by atoms with van der Waals surface area (Å²) in [4.78, 5) is 16.9. The van der Waals surface area contributed by atoms with Crippen LogP contribution in [0.5, 0.6) is 0 Å². The van der Waals surface area contributed by atoms with Crippen molar-refractivity contribution in [2.75, 3.05) is 5.32 Å². The molecule has 0 saturated carbocycles. The number of pyridine rings is 1. The Labute approximate surface area is 126 Å². The second-order valence-electron chi connectivity index (χ2n) is 4.66. The van der Waals surface area contributed by atoms with Gasteiger partial charge in [-0.25, -0.2) is 4.98 Å². The molecule has 2 aromatic heterocycles. The number of thiophene rings is 1. The van der Waals surface area contributed by atoms with Crippen molar-refractivity contribution in [1.29, 1.82) is 5.26 Å². The highest BCUT2D eigenvalue weighted by atomic mass is 32.1. The van der Waals surface area contributed by atoms with Crippen LogP contribution in [0.25, 0.3) is 0 Å². The Morgan fingerprint density at radius 3 is 2.76 bits per heavy atom. The molecule has 0 aromatic carbocycles. The molecule has 2 aromatic rings. The van der Waals surface area contributed by atoms with Gasteiger partial charge in [0.25, 0.3) is 0 Å². The summed E-state index contributed by atoms with van der Waals surface area (Å²) < 4.78 is 0. The van der Waals surface area contributed by atoms with Crippen molar-refractivity contribution in [2.24, 2.45) is 0 Å². The fraction of sp³-hybridized carbons (Fsp3) is 0.286. The van der Waals surface area contributed by atoms with Crippen LogP contribution >= 0.6 is 11.3 Å². The minimum absolute atomic E-state index is 0.00270. The fourth-order valence-electron chi connectivity index (χ4n) is 2.20. The van der Waals surface area contributed by atoms with E-state index in [1.807, 2.05) is 26.8 Å². The van der Waals surface area contributed by atoms with Crippen LogP contribution in [0, 0.1) is 35.3 Å². The third-order valence-electron chi connectivity index (χ3n) is 3.13. The van der Waals surface area contributed by atoms with E-state index in [-0.39, 0.29) is 23.1 Å². The van der Waals surface area contributed by atoms with Crippen LogP contribution in [-0.2, 0) is 0 Å². The molecule has 0 radical (unpaired) electrons. The van der Waals surface area contributed by atoms with E-state index >= 15 is 0 Å². The average Bonchev–Trinajstić information content (AvgIpc) is 2.77. The highest BCUT2D eigenvalue weighted by Crippen LogP contribution is 2.32. The molecule has 108 valence electrons. The Morgan fingerprint density at radius 2 is 2.24 bits per heavy atom.